The van der Waals surface area contributed by atoms with E-state index in [0.717, 1.165) is 19.5 Å². The van der Waals surface area contributed by atoms with Gasteiger partial charge in [0.2, 0.25) is 0 Å². The molecule has 0 saturated carbocycles. The smallest absolute Gasteiger partial charge is 0.323 e. The van der Waals surface area contributed by atoms with E-state index < -0.39 is 0 Å². The Kier molecular flexibility index (Phi) is 8.21. The number of carbonyl (C=O) groups is 1. The van der Waals surface area contributed by atoms with Crippen LogP contribution in [0.1, 0.15) is 34.1 Å². The van der Waals surface area contributed by atoms with E-state index in [4.69, 9.17) is 4.74 Å². The van der Waals surface area contributed by atoms with Crippen LogP contribution in [0.5, 0.6) is 0 Å². The Hall–Kier alpha value is -0.610. The Labute approximate surface area is 99.3 Å². The topological polar surface area (TPSA) is 41.6 Å². The number of rotatable bonds is 8. The first-order chi connectivity index (χ1) is 7.56. The van der Waals surface area contributed by atoms with Crippen LogP contribution in [0.4, 0.5) is 0 Å². The van der Waals surface area contributed by atoms with Crippen molar-refractivity contribution in [2.45, 2.75) is 46.2 Å². The minimum atomic E-state index is -0.187. The maximum absolute atomic E-state index is 11.5. The summed E-state index contributed by atoms with van der Waals surface area (Å²) in [5, 5.41) is 3.00. The molecule has 0 rings (SSSR count). The van der Waals surface area contributed by atoms with Gasteiger partial charge in [-0.1, -0.05) is 6.92 Å². The van der Waals surface area contributed by atoms with Crippen LogP contribution in [0.15, 0.2) is 0 Å². The van der Waals surface area contributed by atoms with Crippen molar-refractivity contribution in [3.63, 3.8) is 0 Å². The zero-order chi connectivity index (χ0) is 12.6. The number of carbonyl (C=O) groups excluding carboxylic acids is 1. The van der Waals surface area contributed by atoms with Gasteiger partial charge in [0.15, 0.2) is 0 Å². The first kappa shape index (κ1) is 15.4. The second-order valence-corrected chi connectivity index (χ2v) is 4.10. The molecule has 1 N–H and O–H groups in total. The summed E-state index contributed by atoms with van der Waals surface area (Å²) in [4.78, 5) is 13.9. The number of nitrogens with one attached hydrogen (secondary N) is 1. The minimum Gasteiger partial charge on any atom is -0.465 e. The van der Waals surface area contributed by atoms with E-state index >= 15 is 0 Å². The van der Waals surface area contributed by atoms with Gasteiger partial charge in [0.05, 0.1) is 6.61 Å². The van der Waals surface area contributed by atoms with Crippen LogP contribution < -0.4 is 5.32 Å². The Morgan fingerprint density at radius 2 is 2.00 bits per heavy atom. The standard InChI is InChI=1S/C12H26N2O2/c1-6-14(10(3)4)9-8-11(13-5)12(15)16-7-2/h10-11,13H,6-9H2,1-5H3. The molecule has 0 saturated heterocycles. The van der Waals surface area contributed by atoms with E-state index in [0.29, 0.717) is 12.6 Å². The zero-order valence-electron chi connectivity index (χ0n) is 11.2. The summed E-state index contributed by atoms with van der Waals surface area (Å²) in [6.07, 6.45) is 0.793. The quantitative estimate of drug-likeness (QED) is 0.637. The summed E-state index contributed by atoms with van der Waals surface area (Å²) >= 11 is 0. The molecule has 1 unspecified atom stereocenters. The van der Waals surface area contributed by atoms with Gasteiger partial charge in [-0.3, -0.25) is 4.79 Å². The number of esters is 1. The molecular formula is C12H26N2O2. The Morgan fingerprint density at radius 3 is 2.38 bits per heavy atom. The van der Waals surface area contributed by atoms with Gasteiger partial charge < -0.3 is 15.0 Å². The van der Waals surface area contributed by atoms with Crippen molar-refractivity contribution < 1.29 is 9.53 Å². The third-order valence-corrected chi connectivity index (χ3v) is 2.76. The van der Waals surface area contributed by atoms with Gasteiger partial charge >= 0.3 is 5.97 Å². The molecule has 0 heterocycles. The average Bonchev–Trinajstić information content (AvgIpc) is 2.24. The predicted octanol–water partition coefficient (Wildman–Crippen LogP) is 1.26. The van der Waals surface area contributed by atoms with Crippen LogP contribution in [-0.2, 0) is 9.53 Å². The highest BCUT2D eigenvalue weighted by atomic mass is 16.5. The fraction of sp³-hybridized carbons (Fsp3) is 0.917. The summed E-state index contributed by atoms with van der Waals surface area (Å²) in [6.45, 7) is 10.7. The fourth-order valence-electron chi connectivity index (χ4n) is 1.70. The maximum Gasteiger partial charge on any atom is 0.323 e. The molecule has 0 aliphatic carbocycles. The molecule has 0 amide bonds. The normalized spacial score (nSPS) is 13.2. The molecule has 0 aromatic rings. The van der Waals surface area contributed by atoms with E-state index in [9.17, 15) is 4.79 Å². The molecular weight excluding hydrogens is 204 g/mol. The summed E-state index contributed by atoms with van der Waals surface area (Å²) in [5.74, 6) is -0.148. The lowest BCUT2D eigenvalue weighted by atomic mass is 10.2. The third-order valence-electron chi connectivity index (χ3n) is 2.76. The Bertz CT molecular complexity index is 195. The molecule has 16 heavy (non-hydrogen) atoms. The highest BCUT2D eigenvalue weighted by Gasteiger charge is 2.18. The van der Waals surface area contributed by atoms with Crippen molar-refractivity contribution in [3.8, 4) is 0 Å². The van der Waals surface area contributed by atoms with E-state index in [1.54, 1.807) is 7.05 Å². The van der Waals surface area contributed by atoms with Crippen molar-refractivity contribution in [2.24, 2.45) is 0 Å². The molecule has 0 aromatic carbocycles. The van der Waals surface area contributed by atoms with E-state index in [-0.39, 0.29) is 12.0 Å². The van der Waals surface area contributed by atoms with Gasteiger partial charge in [0.25, 0.3) is 0 Å². The summed E-state index contributed by atoms with van der Waals surface area (Å²) < 4.78 is 5.00. The number of nitrogens with zero attached hydrogens (tertiary/aromatic N) is 1. The summed E-state index contributed by atoms with van der Waals surface area (Å²) in [5.41, 5.74) is 0. The lowest BCUT2D eigenvalue weighted by Gasteiger charge is -2.26. The first-order valence-corrected chi connectivity index (χ1v) is 6.14. The molecule has 4 heteroatoms. The van der Waals surface area contributed by atoms with Gasteiger partial charge in [-0.15, -0.1) is 0 Å². The van der Waals surface area contributed by atoms with Crippen LogP contribution in [0.25, 0.3) is 0 Å². The van der Waals surface area contributed by atoms with Crippen LogP contribution in [0.2, 0.25) is 0 Å². The number of hydrogen-bond acceptors (Lipinski definition) is 4. The predicted molar refractivity (Wildman–Crippen MR) is 66.5 cm³/mol. The Morgan fingerprint density at radius 1 is 1.38 bits per heavy atom. The average molecular weight is 230 g/mol. The van der Waals surface area contributed by atoms with Crippen LogP contribution in [0, 0.1) is 0 Å². The third kappa shape index (κ3) is 5.47. The summed E-state index contributed by atoms with van der Waals surface area (Å²) in [7, 11) is 1.80. The zero-order valence-corrected chi connectivity index (χ0v) is 11.2. The van der Waals surface area contributed by atoms with Gasteiger partial charge in [-0.05, 0) is 40.8 Å². The van der Waals surface area contributed by atoms with Gasteiger partial charge in [-0.25, -0.2) is 0 Å². The fourth-order valence-corrected chi connectivity index (χ4v) is 1.70. The number of hydrogen-bond donors (Lipinski definition) is 1. The van der Waals surface area contributed by atoms with E-state index in [1.807, 2.05) is 6.92 Å². The van der Waals surface area contributed by atoms with Crippen LogP contribution >= 0.6 is 0 Å². The molecule has 0 aliphatic rings. The molecule has 96 valence electrons. The largest absolute Gasteiger partial charge is 0.465 e. The molecule has 1 atom stereocenters. The maximum atomic E-state index is 11.5. The number of likely N-dealkylation sites (N-methyl/N-ethyl adjacent to an activating group) is 1. The van der Waals surface area contributed by atoms with Gasteiger partial charge in [-0.2, -0.15) is 0 Å². The lowest BCUT2D eigenvalue weighted by molar-refractivity contribution is -0.145. The molecule has 4 nitrogen and oxygen atoms in total. The van der Waals surface area contributed by atoms with Crippen molar-refractivity contribution >= 4 is 5.97 Å². The van der Waals surface area contributed by atoms with E-state index in [2.05, 4.69) is 31.0 Å². The molecule has 0 fully saturated rings. The molecule has 0 aliphatic heterocycles. The molecule has 0 aromatic heterocycles. The SMILES string of the molecule is CCOC(=O)C(CCN(CC)C(C)C)NC. The molecule has 0 bridgehead atoms. The van der Waals surface area contributed by atoms with Crippen molar-refractivity contribution in [1.82, 2.24) is 10.2 Å². The van der Waals surface area contributed by atoms with Crippen LogP contribution in [-0.4, -0.2) is 49.7 Å². The Balaban J connectivity index is 4.07. The first-order valence-electron chi connectivity index (χ1n) is 6.14. The second kappa shape index (κ2) is 8.53. The minimum absolute atomic E-state index is 0.148. The molecule has 0 spiro atoms. The van der Waals surface area contributed by atoms with Crippen molar-refractivity contribution in [1.29, 1.82) is 0 Å². The van der Waals surface area contributed by atoms with Gasteiger partial charge in [0, 0.05) is 12.6 Å². The second-order valence-electron chi connectivity index (χ2n) is 4.10. The van der Waals surface area contributed by atoms with Crippen molar-refractivity contribution in [3.05, 3.63) is 0 Å². The summed E-state index contributed by atoms with van der Waals surface area (Å²) in [6, 6.07) is 0.331. The lowest BCUT2D eigenvalue weighted by Crippen LogP contribution is -2.40. The highest BCUT2D eigenvalue weighted by Crippen LogP contribution is 2.03. The van der Waals surface area contributed by atoms with Crippen LogP contribution in [0.3, 0.4) is 0 Å². The molecule has 0 radical (unpaired) electrons. The van der Waals surface area contributed by atoms with Gasteiger partial charge in [0.1, 0.15) is 6.04 Å². The number of ether oxygens (including phenoxy) is 1. The highest BCUT2D eigenvalue weighted by molar-refractivity contribution is 5.75. The monoisotopic (exact) mass is 230 g/mol. The van der Waals surface area contributed by atoms with E-state index in [1.165, 1.54) is 0 Å². The van der Waals surface area contributed by atoms with Crippen molar-refractivity contribution in [2.75, 3.05) is 26.7 Å².